The molecule has 0 unspecified atom stereocenters. The van der Waals surface area contributed by atoms with Crippen molar-refractivity contribution in [3.8, 4) is 0 Å². The van der Waals surface area contributed by atoms with Crippen LogP contribution in [-0.2, 0) is 14.8 Å². The number of benzene rings is 2. The Morgan fingerprint density at radius 2 is 1.75 bits per heavy atom. The number of nitrogens with one attached hydrogen (secondary N) is 1. The summed E-state index contributed by atoms with van der Waals surface area (Å²) in [6.45, 7) is 2.85. The van der Waals surface area contributed by atoms with Gasteiger partial charge in [-0.05, 0) is 43.3 Å². The minimum Gasteiger partial charge on any atom is -0.326 e. The number of rotatable bonds is 5. The van der Waals surface area contributed by atoms with E-state index in [4.69, 9.17) is 0 Å². The van der Waals surface area contributed by atoms with Crippen LogP contribution < -0.4 is 9.62 Å². The van der Waals surface area contributed by atoms with E-state index in [1.807, 2.05) is 0 Å². The minimum absolute atomic E-state index is 0.0294. The molecule has 0 saturated heterocycles. The first kappa shape index (κ1) is 17.9. The summed E-state index contributed by atoms with van der Waals surface area (Å²) in [5.74, 6) is -2.03. The minimum atomic E-state index is -4.03. The summed E-state index contributed by atoms with van der Waals surface area (Å²) in [4.78, 5) is 10.9. The molecular formula is C16H16F2N2O3S. The average Bonchev–Trinajstić information content (AvgIpc) is 2.50. The second-order valence-electron chi connectivity index (χ2n) is 4.97. The Labute approximate surface area is 139 Å². The molecular weight excluding hydrogens is 338 g/mol. The van der Waals surface area contributed by atoms with E-state index in [9.17, 15) is 22.0 Å². The summed E-state index contributed by atoms with van der Waals surface area (Å²) in [5.41, 5.74) is 0.210. The normalized spacial score (nSPS) is 11.2. The van der Waals surface area contributed by atoms with Gasteiger partial charge in [-0.15, -0.1) is 0 Å². The van der Waals surface area contributed by atoms with Gasteiger partial charge in [0.1, 0.15) is 11.6 Å². The first-order valence-electron chi connectivity index (χ1n) is 7.11. The second kappa shape index (κ2) is 6.96. The van der Waals surface area contributed by atoms with E-state index < -0.39 is 21.7 Å². The molecule has 0 aliphatic carbocycles. The van der Waals surface area contributed by atoms with Crippen LogP contribution in [0.2, 0.25) is 0 Å². The van der Waals surface area contributed by atoms with E-state index in [1.165, 1.54) is 31.2 Å². The Hall–Kier alpha value is -2.48. The topological polar surface area (TPSA) is 66.5 Å². The number of halogens is 2. The summed E-state index contributed by atoms with van der Waals surface area (Å²) in [6, 6.07) is 8.20. The third-order valence-corrected chi connectivity index (χ3v) is 5.13. The SMILES string of the molecule is CCN(c1ccc(F)cc1F)S(=O)(=O)c1ccc(NC(C)=O)cc1. The maximum Gasteiger partial charge on any atom is 0.264 e. The summed E-state index contributed by atoms with van der Waals surface area (Å²) in [5, 5.41) is 2.52. The maximum atomic E-state index is 13.9. The highest BCUT2D eigenvalue weighted by atomic mass is 32.2. The van der Waals surface area contributed by atoms with Crippen LogP contribution in [0, 0.1) is 11.6 Å². The van der Waals surface area contributed by atoms with Gasteiger partial charge in [-0.2, -0.15) is 0 Å². The van der Waals surface area contributed by atoms with Crippen molar-refractivity contribution >= 4 is 27.3 Å². The van der Waals surface area contributed by atoms with Crippen LogP contribution in [0.25, 0.3) is 0 Å². The van der Waals surface area contributed by atoms with Crippen molar-refractivity contribution in [3.05, 3.63) is 54.1 Å². The molecule has 0 fully saturated rings. The second-order valence-corrected chi connectivity index (χ2v) is 6.83. The number of sulfonamides is 1. The van der Waals surface area contributed by atoms with Crippen molar-refractivity contribution in [1.82, 2.24) is 0 Å². The smallest absolute Gasteiger partial charge is 0.264 e. The molecule has 0 aliphatic heterocycles. The Morgan fingerprint density at radius 1 is 1.12 bits per heavy atom. The molecule has 0 bridgehead atoms. The number of amides is 1. The van der Waals surface area contributed by atoms with Crippen LogP contribution >= 0.6 is 0 Å². The van der Waals surface area contributed by atoms with Crippen molar-refractivity contribution < 1.29 is 22.0 Å². The van der Waals surface area contributed by atoms with Crippen LogP contribution in [0.4, 0.5) is 20.2 Å². The van der Waals surface area contributed by atoms with Gasteiger partial charge in [0.15, 0.2) is 0 Å². The lowest BCUT2D eigenvalue weighted by Gasteiger charge is -2.23. The molecule has 2 aromatic carbocycles. The Balaban J connectivity index is 2.41. The number of hydrogen-bond donors (Lipinski definition) is 1. The number of carbonyl (C=O) groups is 1. The van der Waals surface area contributed by atoms with E-state index in [0.717, 1.165) is 16.4 Å². The van der Waals surface area contributed by atoms with Gasteiger partial charge in [0.2, 0.25) is 5.91 Å². The van der Waals surface area contributed by atoms with E-state index in [-0.39, 0.29) is 23.0 Å². The van der Waals surface area contributed by atoms with Gasteiger partial charge in [-0.1, -0.05) is 0 Å². The van der Waals surface area contributed by atoms with Gasteiger partial charge in [0.25, 0.3) is 10.0 Å². The zero-order valence-electron chi connectivity index (χ0n) is 13.1. The fourth-order valence-electron chi connectivity index (χ4n) is 2.19. The third-order valence-electron chi connectivity index (χ3n) is 3.23. The van der Waals surface area contributed by atoms with E-state index in [2.05, 4.69) is 5.32 Å². The summed E-state index contributed by atoms with van der Waals surface area (Å²) in [6.07, 6.45) is 0. The van der Waals surface area contributed by atoms with Crippen LogP contribution in [-0.4, -0.2) is 20.9 Å². The molecule has 2 rings (SSSR count). The standard InChI is InChI=1S/C16H16F2N2O3S/c1-3-20(16-9-4-12(17)10-15(16)18)24(22,23)14-7-5-13(6-8-14)19-11(2)21/h4-10H,3H2,1-2H3,(H,19,21). The number of carbonyl (C=O) groups excluding carboxylic acids is 1. The number of nitrogens with zero attached hydrogens (tertiary/aromatic N) is 1. The highest BCUT2D eigenvalue weighted by molar-refractivity contribution is 7.92. The molecule has 24 heavy (non-hydrogen) atoms. The van der Waals surface area contributed by atoms with Crippen molar-refractivity contribution in [3.63, 3.8) is 0 Å². The molecule has 1 N–H and O–H groups in total. The highest BCUT2D eigenvalue weighted by Gasteiger charge is 2.26. The Bertz CT molecular complexity index is 852. The maximum absolute atomic E-state index is 13.9. The van der Waals surface area contributed by atoms with Gasteiger partial charge in [0, 0.05) is 25.2 Å². The first-order valence-corrected chi connectivity index (χ1v) is 8.55. The lowest BCUT2D eigenvalue weighted by atomic mass is 10.3. The molecule has 0 saturated carbocycles. The predicted octanol–water partition coefficient (Wildman–Crippen LogP) is 3.14. The van der Waals surface area contributed by atoms with E-state index in [0.29, 0.717) is 11.8 Å². The zero-order valence-corrected chi connectivity index (χ0v) is 13.9. The quantitative estimate of drug-likeness (QED) is 0.897. The van der Waals surface area contributed by atoms with Crippen molar-refractivity contribution in [2.24, 2.45) is 0 Å². The zero-order chi connectivity index (χ0) is 17.9. The van der Waals surface area contributed by atoms with Crippen LogP contribution in [0.15, 0.2) is 47.4 Å². The van der Waals surface area contributed by atoms with Crippen LogP contribution in [0.3, 0.4) is 0 Å². The molecule has 0 aromatic heterocycles. The van der Waals surface area contributed by atoms with Gasteiger partial charge in [-0.25, -0.2) is 17.2 Å². The molecule has 0 atom stereocenters. The monoisotopic (exact) mass is 354 g/mol. The summed E-state index contributed by atoms with van der Waals surface area (Å²) >= 11 is 0. The van der Waals surface area contributed by atoms with Crippen molar-refractivity contribution in [2.75, 3.05) is 16.2 Å². The molecule has 8 heteroatoms. The molecule has 128 valence electrons. The van der Waals surface area contributed by atoms with E-state index in [1.54, 1.807) is 6.92 Å². The van der Waals surface area contributed by atoms with Crippen LogP contribution in [0.5, 0.6) is 0 Å². The highest BCUT2D eigenvalue weighted by Crippen LogP contribution is 2.27. The fourth-order valence-corrected chi connectivity index (χ4v) is 3.68. The number of hydrogen-bond acceptors (Lipinski definition) is 3. The third kappa shape index (κ3) is 3.70. The Morgan fingerprint density at radius 3 is 2.25 bits per heavy atom. The number of anilines is 2. The van der Waals surface area contributed by atoms with Crippen molar-refractivity contribution in [1.29, 1.82) is 0 Å². The van der Waals surface area contributed by atoms with Gasteiger partial charge >= 0.3 is 0 Å². The Kier molecular flexibility index (Phi) is 5.18. The molecule has 2 aromatic rings. The van der Waals surface area contributed by atoms with Gasteiger partial charge in [0.05, 0.1) is 10.6 Å². The van der Waals surface area contributed by atoms with Gasteiger partial charge < -0.3 is 5.32 Å². The lowest BCUT2D eigenvalue weighted by Crippen LogP contribution is -2.31. The van der Waals surface area contributed by atoms with E-state index >= 15 is 0 Å². The molecule has 0 radical (unpaired) electrons. The molecule has 0 heterocycles. The summed E-state index contributed by atoms with van der Waals surface area (Å²) in [7, 11) is -4.03. The fraction of sp³-hybridized carbons (Fsp3) is 0.188. The predicted molar refractivity (Wildman–Crippen MR) is 87.3 cm³/mol. The first-order chi connectivity index (χ1) is 11.3. The molecule has 0 spiro atoms. The van der Waals surface area contributed by atoms with Crippen molar-refractivity contribution in [2.45, 2.75) is 18.7 Å². The molecule has 0 aliphatic rings. The molecule has 1 amide bonds. The largest absolute Gasteiger partial charge is 0.326 e. The van der Waals surface area contributed by atoms with Crippen LogP contribution in [0.1, 0.15) is 13.8 Å². The summed E-state index contributed by atoms with van der Waals surface area (Å²) < 4.78 is 53.3. The molecule has 5 nitrogen and oxygen atoms in total. The average molecular weight is 354 g/mol. The van der Waals surface area contributed by atoms with Gasteiger partial charge in [-0.3, -0.25) is 9.10 Å². The lowest BCUT2D eigenvalue weighted by molar-refractivity contribution is -0.114.